The molecule has 5 nitrogen and oxygen atoms in total. The summed E-state index contributed by atoms with van der Waals surface area (Å²) in [5.41, 5.74) is 1.80. The van der Waals surface area contributed by atoms with E-state index in [1.54, 1.807) is 0 Å². The van der Waals surface area contributed by atoms with Crippen molar-refractivity contribution >= 4 is 46.4 Å². The predicted molar refractivity (Wildman–Crippen MR) is 107 cm³/mol. The summed E-state index contributed by atoms with van der Waals surface area (Å²) in [6, 6.07) is 8.56. The molecule has 0 unspecified atom stereocenters. The summed E-state index contributed by atoms with van der Waals surface area (Å²) in [6.07, 6.45) is -6.65. The summed E-state index contributed by atoms with van der Waals surface area (Å²) in [5, 5.41) is 5.38. The number of benzene rings is 2. The largest absolute Gasteiger partial charge is 0.460 e. The average molecular weight is 518 g/mol. The van der Waals surface area contributed by atoms with E-state index in [0.29, 0.717) is 0 Å². The highest BCUT2D eigenvalue weighted by atomic mass is 35.5. The quantitative estimate of drug-likeness (QED) is 0.283. The van der Waals surface area contributed by atoms with E-state index in [2.05, 4.69) is 10.5 Å². The minimum atomic E-state index is -6.65. The smallest absolute Gasteiger partial charge is 0.321 e. The Morgan fingerprint density at radius 3 is 2.18 bits per heavy atom. The van der Waals surface area contributed by atoms with Gasteiger partial charge in [0, 0.05) is 10.7 Å². The molecule has 2 aromatic carbocycles. The average Bonchev–Trinajstić information content (AvgIpc) is 2.72. The van der Waals surface area contributed by atoms with Crippen LogP contribution in [0.2, 0.25) is 10.0 Å². The first-order chi connectivity index (χ1) is 15.1. The first-order valence-electron chi connectivity index (χ1n) is 8.62. The number of rotatable bonds is 6. The van der Waals surface area contributed by atoms with E-state index < -0.39 is 35.5 Å². The Kier molecular flexibility index (Phi) is 7.64. The second-order valence-corrected chi connectivity index (χ2v) is 7.29. The van der Waals surface area contributed by atoms with Crippen molar-refractivity contribution in [1.82, 2.24) is 5.43 Å². The van der Waals surface area contributed by atoms with Crippen LogP contribution in [0.5, 0.6) is 0 Å². The molecular formula is C19H12Cl2F7N3O2. The fourth-order valence-electron chi connectivity index (χ4n) is 2.28. The van der Waals surface area contributed by atoms with Gasteiger partial charge in [-0.05, 0) is 42.8 Å². The zero-order chi connectivity index (χ0) is 25.2. The van der Waals surface area contributed by atoms with Crippen LogP contribution in [0.25, 0.3) is 0 Å². The van der Waals surface area contributed by atoms with Gasteiger partial charge in [-0.25, -0.2) is 5.43 Å². The molecule has 0 fully saturated rings. The molecular weight excluding hydrogens is 506 g/mol. The summed E-state index contributed by atoms with van der Waals surface area (Å²) >= 11 is 11.7. The molecule has 0 saturated heterocycles. The second-order valence-electron chi connectivity index (χ2n) is 6.44. The zero-order valence-electron chi connectivity index (χ0n) is 16.2. The molecule has 0 aliphatic heterocycles. The van der Waals surface area contributed by atoms with Crippen LogP contribution in [0.1, 0.15) is 22.8 Å². The minimum absolute atomic E-state index is 0.00504. The first-order valence-corrected chi connectivity index (χ1v) is 9.37. The molecule has 0 radical (unpaired) electrons. The third-order valence-corrected chi connectivity index (χ3v) is 4.64. The number of anilines is 1. The van der Waals surface area contributed by atoms with E-state index in [1.165, 1.54) is 42.6 Å². The van der Waals surface area contributed by atoms with Gasteiger partial charge in [-0.2, -0.15) is 35.8 Å². The lowest BCUT2D eigenvalue weighted by molar-refractivity contribution is -0.343. The van der Waals surface area contributed by atoms with Gasteiger partial charge in [-0.1, -0.05) is 35.3 Å². The Morgan fingerprint density at radius 2 is 1.58 bits per heavy atom. The predicted octanol–water partition coefficient (Wildman–Crippen LogP) is 5.92. The molecule has 2 N–H and O–H groups in total. The molecule has 0 aromatic heterocycles. The summed E-state index contributed by atoms with van der Waals surface area (Å²) in [4.78, 5) is 23.7. The van der Waals surface area contributed by atoms with Gasteiger partial charge in [-0.15, -0.1) is 0 Å². The van der Waals surface area contributed by atoms with Crippen LogP contribution in [-0.2, 0) is 4.79 Å². The lowest BCUT2D eigenvalue weighted by Gasteiger charge is -2.27. The molecule has 0 aliphatic carbocycles. The number of hydrogen-bond acceptors (Lipinski definition) is 3. The highest BCUT2D eigenvalue weighted by Crippen LogP contribution is 2.46. The highest BCUT2D eigenvalue weighted by molar-refractivity contribution is 6.35. The molecule has 2 aromatic rings. The van der Waals surface area contributed by atoms with Gasteiger partial charge in [-0.3, -0.25) is 9.59 Å². The molecule has 33 heavy (non-hydrogen) atoms. The van der Waals surface area contributed by atoms with E-state index in [9.17, 15) is 40.3 Å². The number of amides is 2. The monoisotopic (exact) mass is 517 g/mol. The number of halogens is 9. The van der Waals surface area contributed by atoms with Crippen molar-refractivity contribution < 1.29 is 40.3 Å². The van der Waals surface area contributed by atoms with Gasteiger partial charge < -0.3 is 5.32 Å². The van der Waals surface area contributed by atoms with Crippen molar-refractivity contribution in [2.75, 3.05) is 5.32 Å². The van der Waals surface area contributed by atoms with Gasteiger partial charge >= 0.3 is 23.9 Å². The molecule has 0 aliphatic rings. The molecule has 0 bridgehead atoms. The summed E-state index contributed by atoms with van der Waals surface area (Å²) in [5.74, 6) is -16.3. The first kappa shape index (κ1) is 26.4. The maximum Gasteiger partial charge on any atom is 0.460 e. The zero-order valence-corrected chi connectivity index (χ0v) is 17.7. The SMILES string of the molecule is C/C(=N\NC(=O)c1cc(Cl)ccc1Cl)c1cccc(NC(=O)C(F)(F)C(F)(F)C(F)(F)F)c1. The van der Waals surface area contributed by atoms with E-state index >= 15 is 0 Å². The minimum Gasteiger partial charge on any atom is -0.321 e. The highest BCUT2D eigenvalue weighted by Gasteiger charge is 2.76. The Hall–Kier alpha value is -2.86. The van der Waals surface area contributed by atoms with E-state index in [1.807, 2.05) is 0 Å². The summed E-state index contributed by atoms with van der Waals surface area (Å²) < 4.78 is 89.8. The number of carbonyl (C=O) groups is 2. The van der Waals surface area contributed by atoms with Crippen LogP contribution in [0, 0.1) is 0 Å². The van der Waals surface area contributed by atoms with Gasteiger partial charge in [0.1, 0.15) is 0 Å². The molecule has 0 spiro atoms. The standard InChI is InChI=1S/C19H12Cl2F7N3O2/c1-9(30-31-15(32)13-8-11(20)5-6-14(13)21)10-3-2-4-12(7-10)29-16(33)17(22,23)18(24,25)19(26,27)28/h2-8H,1H3,(H,29,33)(H,31,32)/b30-9+. The topological polar surface area (TPSA) is 70.6 Å². The van der Waals surface area contributed by atoms with Crippen molar-refractivity contribution in [1.29, 1.82) is 0 Å². The van der Waals surface area contributed by atoms with Crippen molar-refractivity contribution in [2.45, 2.75) is 24.9 Å². The van der Waals surface area contributed by atoms with Crippen molar-refractivity contribution in [3.8, 4) is 0 Å². The Balaban J connectivity index is 2.19. The van der Waals surface area contributed by atoms with E-state index in [-0.39, 0.29) is 26.9 Å². The van der Waals surface area contributed by atoms with Gasteiger partial charge in [0.15, 0.2) is 0 Å². The van der Waals surface area contributed by atoms with Gasteiger partial charge in [0.25, 0.3) is 5.91 Å². The van der Waals surface area contributed by atoms with Gasteiger partial charge in [0.2, 0.25) is 0 Å². The van der Waals surface area contributed by atoms with Crippen LogP contribution in [0.4, 0.5) is 36.4 Å². The maximum absolute atomic E-state index is 13.5. The Labute approximate surface area is 191 Å². The summed E-state index contributed by atoms with van der Waals surface area (Å²) in [6.45, 7) is 1.35. The molecule has 178 valence electrons. The van der Waals surface area contributed by atoms with Crippen molar-refractivity contribution in [3.05, 3.63) is 63.6 Å². The van der Waals surface area contributed by atoms with Crippen LogP contribution in [-0.4, -0.2) is 35.5 Å². The van der Waals surface area contributed by atoms with Crippen LogP contribution >= 0.6 is 23.2 Å². The maximum atomic E-state index is 13.5. The second kappa shape index (κ2) is 9.56. The van der Waals surface area contributed by atoms with Crippen LogP contribution in [0.3, 0.4) is 0 Å². The van der Waals surface area contributed by atoms with Crippen LogP contribution in [0.15, 0.2) is 47.6 Å². The normalized spacial score (nSPS) is 13.0. The fraction of sp³-hybridized carbons (Fsp3) is 0.211. The number of hydrazone groups is 1. The fourth-order valence-corrected chi connectivity index (χ4v) is 2.66. The van der Waals surface area contributed by atoms with Crippen LogP contribution < -0.4 is 10.7 Å². The molecule has 0 saturated carbocycles. The number of carbonyl (C=O) groups excluding carboxylic acids is 2. The Morgan fingerprint density at radius 1 is 0.939 bits per heavy atom. The lowest BCUT2D eigenvalue weighted by Crippen LogP contribution is -2.57. The Bertz CT molecular complexity index is 1110. The molecule has 0 atom stereocenters. The number of nitrogens with one attached hydrogen (secondary N) is 2. The molecule has 14 heteroatoms. The molecule has 0 heterocycles. The van der Waals surface area contributed by atoms with Crippen molar-refractivity contribution in [2.24, 2.45) is 5.10 Å². The third kappa shape index (κ3) is 5.74. The lowest BCUT2D eigenvalue weighted by atomic mass is 10.1. The molecule has 2 rings (SSSR count). The third-order valence-electron chi connectivity index (χ3n) is 4.07. The summed E-state index contributed by atoms with van der Waals surface area (Å²) in [7, 11) is 0. The number of alkyl halides is 7. The van der Waals surface area contributed by atoms with E-state index in [4.69, 9.17) is 23.2 Å². The van der Waals surface area contributed by atoms with E-state index in [0.717, 1.165) is 12.1 Å². The number of nitrogens with zero attached hydrogens (tertiary/aromatic N) is 1. The molecule has 2 amide bonds. The van der Waals surface area contributed by atoms with Crippen molar-refractivity contribution in [3.63, 3.8) is 0 Å². The number of hydrogen-bond donors (Lipinski definition) is 2. The van der Waals surface area contributed by atoms with Gasteiger partial charge in [0.05, 0.1) is 16.3 Å².